The molecular formula is C16H25NO3. The highest BCUT2D eigenvalue weighted by atomic mass is 16.5. The van der Waals surface area contributed by atoms with Crippen molar-refractivity contribution in [2.24, 2.45) is 0 Å². The minimum Gasteiger partial charge on any atom is -0.504 e. The second-order valence-electron chi connectivity index (χ2n) is 5.42. The van der Waals surface area contributed by atoms with Gasteiger partial charge in [0.15, 0.2) is 11.5 Å². The summed E-state index contributed by atoms with van der Waals surface area (Å²) in [6.45, 7) is 5.15. The van der Waals surface area contributed by atoms with Crippen LogP contribution in [-0.2, 0) is 11.3 Å². The SMILES string of the molecule is CCOc1cc(CN(C)CC2CCCCO2)ccc1O. The van der Waals surface area contributed by atoms with Crippen molar-refractivity contribution in [2.75, 3.05) is 26.8 Å². The molecule has 1 aromatic rings. The summed E-state index contributed by atoms with van der Waals surface area (Å²) in [5.74, 6) is 0.765. The molecular weight excluding hydrogens is 254 g/mol. The lowest BCUT2D eigenvalue weighted by atomic mass is 10.1. The molecule has 1 saturated heterocycles. The van der Waals surface area contributed by atoms with Crippen LogP contribution >= 0.6 is 0 Å². The predicted molar refractivity (Wildman–Crippen MR) is 79.2 cm³/mol. The molecule has 1 aromatic carbocycles. The zero-order valence-corrected chi connectivity index (χ0v) is 12.5. The van der Waals surface area contributed by atoms with E-state index in [0.29, 0.717) is 18.5 Å². The Morgan fingerprint density at radius 2 is 2.25 bits per heavy atom. The van der Waals surface area contributed by atoms with Crippen LogP contribution in [0.4, 0.5) is 0 Å². The van der Waals surface area contributed by atoms with E-state index in [9.17, 15) is 5.11 Å². The summed E-state index contributed by atoms with van der Waals surface area (Å²) in [7, 11) is 2.10. The molecule has 1 aliphatic heterocycles. The lowest BCUT2D eigenvalue weighted by Crippen LogP contribution is -2.33. The lowest BCUT2D eigenvalue weighted by Gasteiger charge is -2.27. The van der Waals surface area contributed by atoms with Gasteiger partial charge >= 0.3 is 0 Å². The quantitative estimate of drug-likeness (QED) is 0.869. The molecule has 4 heteroatoms. The van der Waals surface area contributed by atoms with Crippen LogP contribution < -0.4 is 4.74 Å². The van der Waals surface area contributed by atoms with Crippen molar-refractivity contribution in [3.05, 3.63) is 23.8 Å². The van der Waals surface area contributed by atoms with Crippen LogP contribution in [0, 0.1) is 0 Å². The van der Waals surface area contributed by atoms with Gasteiger partial charge in [-0.25, -0.2) is 0 Å². The standard InChI is InChI=1S/C16H25NO3/c1-3-19-16-10-13(7-8-15(16)18)11-17(2)12-14-6-4-5-9-20-14/h7-8,10,14,18H,3-6,9,11-12H2,1-2H3. The van der Waals surface area contributed by atoms with E-state index in [0.717, 1.165) is 31.7 Å². The van der Waals surface area contributed by atoms with E-state index in [-0.39, 0.29) is 5.75 Å². The highest BCUT2D eigenvalue weighted by molar-refractivity contribution is 5.41. The molecule has 0 saturated carbocycles. The van der Waals surface area contributed by atoms with Crippen LogP contribution in [0.3, 0.4) is 0 Å². The van der Waals surface area contributed by atoms with Gasteiger partial charge in [0.25, 0.3) is 0 Å². The molecule has 0 aromatic heterocycles. The summed E-state index contributed by atoms with van der Waals surface area (Å²) in [5, 5.41) is 9.70. The Hall–Kier alpha value is -1.26. The maximum absolute atomic E-state index is 9.70. The third-order valence-electron chi connectivity index (χ3n) is 3.57. The minimum atomic E-state index is 0.203. The summed E-state index contributed by atoms with van der Waals surface area (Å²) in [5.41, 5.74) is 1.14. The monoisotopic (exact) mass is 279 g/mol. The molecule has 112 valence electrons. The van der Waals surface area contributed by atoms with Gasteiger partial charge in [-0.3, -0.25) is 4.90 Å². The minimum absolute atomic E-state index is 0.203. The van der Waals surface area contributed by atoms with Crippen LogP contribution in [0.25, 0.3) is 0 Å². The molecule has 1 aliphatic rings. The number of hydrogen-bond acceptors (Lipinski definition) is 4. The summed E-state index contributed by atoms with van der Waals surface area (Å²) in [6.07, 6.45) is 3.98. The molecule has 20 heavy (non-hydrogen) atoms. The molecule has 0 spiro atoms. The zero-order valence-electron chi connectivity index (χ0n) is 12.5. The third-order valence-corrected chi connectivity index (χ3v) is 3.57. The van der Waals surface area contributed by atoms with E-state index in [1.54, 1.807) is 6.07 Å². The maximum atomic E-state index is 9.70. The van der Waals surface area contributed by atoms with Crippen molar-refractivity contribution in [1.82, 2.24) is 4.90 Å². The lowest BCUT2D eigenvalue weighted by molar-refractivity contribution is -0.00259. The van der Waals surface area contributed by atoms with Crippen molar-refractivity contribution < 1.29 is 14.6 Å². The number of rotatable bonds is 6. The highest BCUT2D eigenvalue weighted by Gasteiger charge is 2.16. The molecule has 1 N–H and O–H groups in total. The normalized spacial score (nSPS) is 19.2. The predicted octanol–water partition coefficient (Wildman–Crippen LogP) is 2.79. The molecule has 1 atom stereocenters. The summed E-state index contributed by atoms with van der Waals surface area (Å²) in [4.78, 5) is 2.26. The summed E-state index contributed by atoms with van der Waals surface area (Å²) in [6, 6.07) is 5.55. The van der Waals surface area contributed by atoms with Crippen molar-refractivity contribution in [1.29, 1.82) is 0 Å². The fourth-order valence-corrected chi connectivity index (χ4v) is 2.60. The van der Waals surface area contributed by atoms with E-state index >= 15 is 0 Å². The fraction of sp³-hybridized carbons (Fsp3) is 0.625. The van der Waals surface area contributed by atoms with Crippen molar-refractivity contribution >= 4 is 0 Å². The number of phenolic OH excluding ortho intramolecular Hbond substituents is 1. The summed E-state index contributed by atoms with van der Waals surface area (Å²) >= 11 is 0. The number of aromatic hydroxyl groups is 1. The van der Waals surface area contributed by atoms with Gasteiger partial charge in [-0.2, -0.15) is 0 Å². The van der Waals surface area contributed by atoms with Crippen LogP contribution in [0.5, 0.6) is 11.5 Å². The molecule has 1 unspecified atom stereocenters. The molecule has 4 nitrogen and oxygen atoms in total. The van der Waals surface area contributed by atoms with Crippen molar-refractivity contribution in [3.63, 3.8) is 0 Å². The largest absolute Gasteiger partial charge is 0.504 e. The number of ether oxygens (including phenoxy) is 2. The van der Waals surface area contributed by atoms with E-state index in [1.807, 2.05) is 19.1 Å². The van der Waals surface area contributed by atoms with Gasteiger partial charge in [-0.1, -0.05) is 6.07 Å². The molecule has 1 fully saturated rings. The Morgan fingerprint density at radius 1 is 1.40 bits per heavy atom. The number of nitrogens with zero attached hydrogens (tertiary/aromatic N) is 1. The molecule has 2 rings (SSSR count). The zero-order chi connectivity index (χ0) is 14.4. The Kier molecular flexibility index (Phi) is 5.68. The van der Waals surface area contributed by atoms with Crippen LogP contribution in [-0.4, -0.2) is 42.9 Å². The Labute approximate surface area is 121 Å². The van der Waals surface area contributed by atoms with E-state index in [4.69, 9.17) is 9.47 Å². The molecule has 0 bridgehead atoms. The van der Waals surface area contributed by atoms with Gasteiger partial charge in [0.2, 0.25) is 0 Å². The average molecular weight is 279 g/mol. The van der Waals surface area contributed by atoms with Gasteiger partial charge in [0, 0.05) is 19.7 Å². The van der Waals surface area contributed by atoms with Gasteiger partial charge in [-0.15, -0.1) is 0 Å². The Morgan fingerprint density at radius 3 is 2.95 bits per heavy atom. The first kappa shape index (κ1) is 15.1. The van der Waals surface area contributed by atoms with Gasteiger partial charge in [0.05, 0.1) is 12.7 Å². The topological polar surface area (TPSA) is 41.9 Å². The second-order valence-corrected chi connectivity index (χ2v) is 5.42. The van der Waals surface area contributed by atoms with Crippen molar-refractivity contribution in [2.45, 2.75) is 38.8 Å². The van der Waals surface area contributed by atoms with Crippen LogP contribution in [0.15, 0.2) is 18.2 Å². The number of phenols is 1. The van der Waals surface area contributed by atoms with Crippen molar-refractivity contribution in [3.8, 4) is 11.5 Å². The van der Waals surface area contributed by atoms with E-state index < -0.39 is 0 Å². The van der Waals surface area contributed by atoms with Gasteiger partial charge in [0.1, 0.15) is 0 Å². The van der Waals surface area contributed by atoms with E-state index in [2.05, 4.69) is 11.9 Å². The summed E-state index contributed by atoms with van der Waals surface area (Å²) < 4.78 is 11.2. The van der Waals surface area contributed by atoms with Crippen LogP contribution in [0.2, 0.25) is 0 Å². The number of likely N-dealkylation sites (N-methyl/N-ethyl adjacent to an activating group) is 1. The second kappa shape index (κ2) is 7.50. The van der Waals surface area contributed by atoms with Gasteiger partial charge < -0.3 is 14.6 Å². The first-order valence-corrected chi connectivity index (χ1v) is 7.44. The third kappa shape index (κ3) is 4.39. The Bertz CT molecular complexity index is 416. The first-order chi connectivity index (χ1) is 9.69. The molecule has 1 heterocycles. The first-order valence-electron chi connectivity index (χ1n) is 7.44. The van der Waals surface area contributed by atoms with Gasteiger partial charge in [-0.05, 0) is 50.9 Å². The molecule has 0 radical (unpaired) electrons. The number of benzene rings is 1. The molecule has 0 aliphatic carbocycles. The Balaban J connectivity index is 1.89. The number of hydrogen-bond donors (Lipinski definition) is 1. The maximum Gasteiger partial charge on any atom is 0.161 e. The van der Waals surface area contributed by atoms with E-state index in [1.165, 1.54) is 12.8 Å². The average Bonchev–Trinajstić information content (AvgIpc) is 2.44. The molecule has 0 amide bonds. The highest BCUT2D eigenvalue weighted by Crippen LogP contribution is 2.27. The smallest absolute Gasteiger partial charge is 0.161 e. The van der Waals surface area contributed by atoms with Crippen LogP contribution in [0.1, 0.15) is 31.7 Å². The fourth-order valence-electron chi connectivity index (χ4n) is 2.60.